The smallest absolute Gasteiger partial charge is 0.273 e. The molecule has 0 aliphatic rings. The highest BCUT2D eigenvalue weighted by Crippen LogP contribution is 2.17. The summed E-state index contributed by atoms with van der Waals surface area (Å²) >= 11 is 1.38. The van der Waals surface area contributed by atoms with Crippen LogP contribution in [0.2, 0.25) is 0 Å². The van der Waals surface area contributed by atoms with E-state index in [1.54, 1.807) is 19.2 Å². The third-order valence-electron chi connectivity index (χ3n) is 3.28. The van der Waals surface area contributed by atoms with E-state index in [2.05, 4.69) is 25.8 Å². The molecule has 0 saturated carbocycles. The molecular formula is C15H15N5O2S. The number of H-pyrrole nitrogens is 1. The Bertz CT molecular complexity index is 870. The summed E-state index contributed by atoms with van der Waals surface area (Å²) in [5, 5.41) is 13.4. The number of aromatic amines is 1. The normalized spacial score (nSPS) is 12.1. The second kappa shape index (κ2) is 6.17. The molecule has 3 N–H and O–H groups in total. The lowest BCUT2D eigenvalue weighted by molar-refractivity contribution is -0.117. The van der Waals surface area contributed by atoms with E-state index in [1.165, 1.54) is 11.3 Å². The molecule has 0 aliphatic carbocycles. The summed E-state index contributed by atoms with van der Waals surface area (Å²) in [6.07, 6.45) is 1.68. The summed E-state index contributed by atoms with van der Waals surface area (Å²) in [4.78, 5) is 29.5. The van der Waals surface area contributed by atoms with E-state index in [9.17, 15) is 9.59 Å². The summed E-state index contributed by atoms with van der Waals surface area (Å²) in [5.41, 5.74) is 1.04. The van der Waals surface area contributed by atoms with Crippen molar-refractivity contribution in [2.45, 2.75) is 19.9 Å². The third kappa shape index (κ3) is 3.21. The zero-order valence-electron chi connectivity index (χ0n) is 12.6. The average molecular weight is 329 g/mol. The fourth-order valence-electron chi connectivity index (χ4n) is 2.09. The predicted octanol–water partition coefficient (Wildman–Crippen LogP) is 2.08. The van der Waals surface area contributed by atoms with Crippen LogP contribution in [0.3, 0.4) is 0 Å². The van der Waals surface area contributed by atoms with Crippen molar-refractivity contribution in [1.82, 2.24) is 20.5 Å². The van der Waals surface area contributed by atoms with Gasteiger partial charge in [0.05, 0.1) is 5.52 Å². The molecule has 0 spiro atoms. The van der Waals surface area contributed by atoms with Gasteiger partial charge in [-0.25, -0.2) is 4.98 Å². The van der Waals surface area contributed by atoms with Crippen molar-refractivity contribution in [3.05, 3.63) is 41.0 Å². The number of hydrogen-bond acceptors (Lipinski definition) is 5. The van der Waals surface area contributed by atoms with Crippen LogP contribution in [0.15, 0.2) is 30.5 Å². The van der Waals surface area contributed by atoms with Gasteiger partial charge in [0.15, 0.2) is 10.8 Å². The van der Waals surface area contributed by atoms with E-state index in [4.69, 9.17) is 0 Å². The maximum Gasteiger partial charge on any atom is 0.273 e. The minimum absolute atomic E-state index is 0.269. The fraction of sp³-hybridized carbons (Fsp3) is 0.200. The van der Waals surface area contributed by atoms with Gasteiger partial charge in [0.1, 0.15) is 6.04 Å². The van der Waals surface area contributed by atoms with Crippen LogP contribution in [0, 0.1) is 6.92 Å². The number of thiazole rings is 1. The standard InChI is InChI=1S/C15H15N5O2S/c1-8-7-16-15(23-8)18-13(21)9(2)17-14(22)12-10-5-3-4-6-11(10)19-20-12/h3-7,9H,1-2H3,(H,17,22)(H,19,20)(H,16,18,21)/t9-/m0/s1. The van der Waals surface area contributed by atoms with Crippen LogP contribution in [0.1, 0.15) is 22.3 Å². The van der Waals surface area contributed by atoms with E-state index < -0.39 is 11.9 Å². The third-order valence-corrected chi connectivity index (χ3v) is 4.11. The van der Waals surface area contributed by atoms with Gasteiger partial charge in [0, 0.05) is 16.5 Å². The topological polar surface area (TPSA) is 99.8 Å². The Morgan fingerprint density at radius 2 is 2.09 bits per heavy atom. The fourth-order valence-corrected chi connectivity index (χ4v) is 2.76. The molecule has 7 nitrogen and oxygen atoms in total. The predicted molar refractivity (Wildman–Crippen MR) is 88.5 cm³/mol. The van der Waals surface area contributed by atoms with Gasteiger partial charge >= 0.3 is 0 Å². The van der Waals surface area contributed by atoms with E-state index >= 15 is 0 Å². The lowest BCUT2D eigenvalue weighted by Crippen LogP contribution is -2.41. The first kappa shape index (κ1) is 15.2. The first-order valence-corrected chi connectivity index (χ1v) is 7.83. The van der Waals surface area contributed by atoms with Crippen LogP contribution in [-0.2, 0) is 4.79 Å². The number of nitrogens with one attached hydrogen (secondary N) is 3. The highest BCUT2D eigenvalue weighted by molar-refractivity contribution is 7.15. The molecule has 2 heterocycles. The summed E-state index contributed by atoms with van der Waals surface area (Å²) in [5.74, 6) is -0.729. The molecule has 23 heavy (non-hydrogen) atoms. The van der Waals surface area contributed by atoms with Crippen molar-refractivity contribution in [1.29, 1.82) is 0 Å². The highest BCUT2D eigenvalue weighted by atomic mass is 32.1. The molecule has 1 atom stereocenters. The van der Waals surface area contributed by atoms with Gasteiger partial charge in [-0.05, 0) is 19.9 Å². The van der Waals surface area contributed by atoms with E-state index in [0.29, 0.717) is 10.5 Å². The Kier molecular flexibility index (Phi) is 4.07. The Morgan fingerprint density at radius 1 is 1.30 bits per heavy atom. The second-order valence-corrected chi connectivity index (χ2v) is 6.31. The number of aryl methyl sites for hydroxylation is 1. The molecule has 2 aromatic heterocycles. The van der Waals surface area contributed by atoms with Crippen LogP contribution in [0.4, 0.5) is 5.13 Å². The maximum absolute atomic E-state index is 12.3. The van der Waals surface area contributed by atoms with E-state index in [0.717, 1.165) is 10.4 Å². The first-order valence-electron chi connectivity index (χ1n) is 7.02. The first-order chi connectivity index (χ1) is 11.0. The van der Waals surface area contributed by atoms with Gasteiger partial charge in [0.2, 0.25) is 5.91 Å². The lowest BCUT2D eigenvalue weighted by Gasteiger charge is -2.12. The lowest BCUT2D eigenvalue weighted by atomic mass is 10.2. The summed E-state index contributed by atoms with van der Waals surface area (Å²) in [7, 11) is 0. The number of fused-ring (bicyclic) bond motifs is 1. The van der Waals surface area contributed by atoms with Crippen LogP contribution >= 0.6 is 11.3 Å². The molecule has 0 bridgehead atoms. The van der Waals surface area contributed by atoms with E-state index in [1.807, 2.05) is 25.1 Å². The second-order valence-electron chi connectivity index (χ2n) is 5.08. The van der Waals surface area contributed by atoms with Gasteiger partial charge in [0.25, 0.3) is 5.91 Å². The molecule has 0 unspecified atom stereocenters. The number of nitrogens with zero attached hydrogens (tertiary/aromatic N) is 2. The van der Waals surface area contributed by atoms with Gasteiger partial charge in [-0.1, -0.05) is 18.2 Å². The number of rotatable bonds is 4. The number of aromatic nitrogens is 3. The molecular weight excluding hydrogens is 314 g/mol. The number of hydrogen-bond donors (Lipinski definition) is 3. The largest absolute Gasteiger partial charge is 0.339 e. The van der Waals surface area contributed by atoms with Gasteiger partial charge < -0.3 is 10.6 Å². The molecule has 0 fully saturated rings. The van der Waals surface area contributed by atoms with Crippen LogP contribution in [0.5, 0.6) is 0 Å². The van der Waals surface area contributed by atoms with Gasteiger partial charge in [-0.15, -0.1) is 11.3 Å². The van der Waals surface area contributed by atoms with Crippen molar-refractivity contribution >= 4 is 39.2 Å². The number of benzene rings is 1. The van der Waals surface area contributed by atoms with E-state index in [-0.39, 0.29) is 11.6 Å². The highest BCUT2D eigenvalue weighted by Gasteiger charge is 2.20. The average Bonchev–Trinajstić information content (AvgIpc) is 3.13. The van der Waals surface area contributed by atoms with Gasteiger partial charge in [-0.3, -0.25) is 14.7 Å². The Balaban J connectivity index is 1.68. The zero-order chi connectivity index (χ0) is 16.4. The Hall–Kier alpha value is -2.74. The van der Waals surface area contributed by atoms with Crippen molar-refractivity contribution in [2.24, 2.45) is 0 Å². The molecule has 1 aromatic carbocycles. The molecule has 8 heteroatoms. The number of carbonyl (C=O) groups is 2. The molecule has 0 aliphatic heterocycles. The molecule has 118 valence electrons. The SMILES string of the molecule is Cc1cnc(NC(=O)[C@H](C)NC(=O)c2n[nH]c3ccccc23)s1. The minimum atomic E-state index is -0.706. The molecule has 3 rings (SSSR count). The van der Waals surface area contributed by atoms with Crippen molar-refractivity contribution in [2.75, 3.05) is 5.32 Å². The van der Waals surface area contributed by atoms with Crippen LogP contribution in [-0.4, -0.2) is 33.0 Å². The van der Waals surface area contributed by atoms with Crippen LogP contribution < -0.4 is 10.6 Å². The minimum Gasteiger partial charge on any atom is -0.339 e. The zero-order valence-corrected chi connectivity index (χ0v) is 13.4. The van der Waals surface area contributed by atoms with Crippen LogP contribution in [0.25, 0.3) is 10.9 Å². The molecule has 2 amide bonds. The monoisotopic (exact) mass is 329 g/mol. The Labute approximate surface area is 136 Å². The van der Waals surface area contributed by atoms with Crippen molar-refractivity contribution < 1.29 is 9.59 Å². The molecule has 0 radical (unpaired) electrons. The van der Waals surface area contributed by atoms with Gasteiger partial charge in [-0.2, -0.15) is 5.10 Å². The number of anilines is 1. The number of carbonyl (C=O) groups excluding carboxylic acids is 2. The molecule has 3 aromatic rings. The summed E-state index contributed by atoms with van der Waals surface area (Å²) in [6.45, 7) is 3.52. The summed E-state index contributed by atoms with van der Waals surface area (Å²) < 4.78 is 0. The number of amides is 2. The Morgan fingerprint density at radius 3 is 2.83 bits per heavy atom. The van der Waals surface area contributed by atoms with Crippen molar-refractivity contribution in [3.63, 3.8) is 0 Å². The van der Waals surface area contributed by atoms with Crippen molar-refractivity contribution in [3.8, 4) is 0 Å². The molecule has 0 saturated heterocycles. The quantitative estimate of drug-likeness (QED) is 0.682. The number of para-hydroxylation sites is 1. The summed E-state index contributed by atoms with van der Waals surface area (Å²) in [6, 6.07) is 6.61. The maximum atomic E-state index is 12.3.